The minimum atomic E-state index is -0.702. The summed E-state index contributed by atoms with van der Waals surface area (Å²) in [6, 6.07) is 2.88. The standard InChI is InChI=1S/C13H12O5/c1-6-11(14)7-4-9(17-2)10(18-3)5-8(7)13(16)12(6)15/h4-5,14H,1-3H3. The first-order chi connectivity index (χ1) is 8.51. The molecule has 1 aromatic rings. The van der Waals surface area contributed by atoms with Crippen LogP contribution in [0.15, 0.2) is 17.7 Å². The number of fused-ring (bicyclic) bond motifs is 1. The number of aliphatic hydroxyl groups excluding tert-OH is 1. The lowest BCUT2D eigenvalue weighted by Gasteiger charge is -2.18. The van der Waals surface area contributed by atoms with Gasteiger partial charge in [0.15, 0.2) is 11.5 Å². The highest BCUT2D eigenvalue weighted by molar-refractivity contribution is 6.52. The van der Waals surface area contributed by atoms with Gasteiger partial charge in [-0.3, -0.25) is 9.59 Å². The van der Waals surface area contributed by atoms with Gasteiger partial charge in [0.05, 0.1) is 14.2 Å². The Labute approximate surface area is 104 Å². The summed E-state index contributed by atoms with van der Waals surface area (Å²) in [5.41, 5.74) is 0.454. The van der Waals surface area contributed by atoms with Crippen molar-refractivity contribution in [2.45, 2.75) is 6.92 Å². The highest BCUT2D eigenvalue weighted by Gasteiger charge is 2.31. The number of carbonyl (C=O) groups is 2. The Morgan fingerprint density at radius 2 is 1.44 bits per heavy atom. The Hall–Kier alpha value is -2.30. The SMILES string of the molecule is COc1cc2c(cc1OC)C(O)=C(C)C(=O)C2=O. The van der Waals surface area contributed by atoms with Crippen LogP contribution in [0.1, 0.15) is 22.8 Å². The largest absolute Gasteiger partial charge is 0.507 e. The van der Waals surface area contributed by atoms with Crippen LogP contribution in [0.5, 0.6) is 11.5 Å². The third kappa shape index (κ3) is 1.55. The summed E-state index contributed by atoms with van der Waals surface area (Å²) in [5.74, 6) is -0.827. The smallest absolute Gasteiger partial charge is 0.234 e. The molecule has 0 saturated heterocycles. The van der Waals surface area contributed by atoms with Gasteiger partial charge in [-0.15, -0.1) is 0 Å². The van der Waals surface area contributed by atoms with Crippen LogP contribution in [-0.2, 0) is 4.79 Å². The van der Waals surface area contributed by atoms with Crippen molar-refractivity contribution in [3.05, 3.63) is 28.8 Å². The van der Waals surface area contributed by atoms with E-state index in [-0.39, 0.29) is 22.5 Å². The molecule has 5 heteroatoms. The van der Waals surface area contributed by atoms with E-state index in [1.807, 2.05) is 0 Å². The summed E-state index contributed by atoms with van der Waals surface area (Å²) in [7, 11) is 2.88. The fourth-order valence-electron chi connectivity index (χ4n) is 1.86. The van der Waals surface area contributed by atoms with Crippen LogP contribution in [0.2, 0.25) is 0 Å². The molecule has 18 heavy (non-hydrogen) atoms. The molecule has 2 rings (SSSR count). The summed E-state index contributed by atoms with van der Waals surface area (Å²) in [6.07, 6.45) is 0. The number of benzene rings is 1. The van der Waals surface area contributed by atoms with Gasteiger partial charge in [0, 0.05) is 16.7 Å². The predicted molar refractivity (Wildman–Crippen MR) is 64.1 cm³/mol. The number of Topliss-reactive ketones (excluding diaryl/α,β-unsaturated/α-hetero) is 2. The molecule has 0 aromatic heterocycles. The maximum Gasteiger partial charge on any atom is 0.234 e. The van der Waals surface area contributed by atoms with E-state index < -0.39 is 11.6 Å². The van der Waals surface area contributed by atoms with Gasteiger partial charge in [-0.1, -0.05) is 0 Å². The Bertz CT molecular complexity index is 583. The zero-order chi connectivity index (χ0) is 13.4. The first-order valence-corrected chi connectivity index (χ1v) is 5.26. The zero-order valence-electron chi connectivity index (χ0n) is 10.2. The van der Waals surface area contributed by atoms with Gasteiger partial charge in [0.25, 0.3) is 0 Å². The Kier molecular flexibility index (Phi) is 2.82. The van der Waals surface area contributed by atoms with Crippen LogP contribution in [-0.4, -0.2) is 30.9 Å². The van der Waals surface area contributed by atoms with Gasteiger partial charge in [-0.25, -0.2) is 0 Å². The summed E-state index contributed by atoms with van der Waals surface area (Å²) < 4.78 is 10.2. The summed E-state index contributed by atoms with van der Waals surface area (Å²) in [4.78, 5) is 23.5. The van der Waals surface area contributed by atoms with Crippen molar-refractivity contribution >= 4 is 17.3 Å². The fourth-order valence-corrected chi connectivity index (χ4v) is 1.86. The maximum atomic E-state index is 11.8. The molecule has 0 aliphatic heterocycles. The summed E-state index contributed by atoms with van der Waals surface area (Å²) in [6.45, 7) is 1.41. The number of carbonyl (C=O) groups excluding carboxylic acids is 2. The first kappa shape index (κ1) is 12.2. The predicted octanol–water partition coefficient (Wildman–Crippen LogP) is 1.76. The number of rotatable bonds is 2. The van der Waals surface area contributed by atoms with E-state index in [0.717, 1.165) is 0 Å². The van der Waals surface area contributed by atoms with E-state index in [4.69, 9.17) is 9.47 Å². The highest BCUT2D eigenvalue weighted by atomic mass is 16.5. The second-order valence-corrected chi connectivity index (χ2v) is 3.88. The molecule has 1 aliphatic rings. The van der Waals surface area contributed by atoms with Crippen molar-refractivity contribution in [1.82, 2.24) is 0 Å². The molecular formula is C13H12O5. The van der Waals surface area contributed by atoms with Crippen molar-refractivity contribution < 1.29 is 24.2 Å². The molecule has 1 aliphatic carbocycles. The van der Waals surface area contributed by atoms with Crippen molar-refractivity contribution in [3.63, 3.8) is 0 Å². The van der Waals surface area contributed by atoms with E-state index in [2.05, 4.69) is 0 Å². The number of allylic oxidation sites excluding steroid dienone is 1. The molecule has 0 heterocycles. The lowest BCUT2D eigenvalue weighted by molar-refractivity contribution is -0.111. The molecule has 0 saturated carbocycles. The topological polar surface area (TPSA) is 72.8 Å². The quantitative estimate of drug-likeness (QED) is 0.807. The van der Waals surface area contributed by atoms with Crippen molar-refractivity contribution in [1.29, 1.82) is 0 Å². The van der Waals surface area contributed by atoms with E-state index in [0.29, 0.717) is 11.5 Å². The van der Waals surface area contributed by atoms with E-state index in [1.54, 1.807) is 0 Å². The minimum Gasteiger partial charge on any atom is -0.507 e. The number of aliphatic hydroxyl groups is 1. The minimum absolute atomic E-state index is 0.0414. The number of ketones is 2. The Morgan fingerprint density at radius 1 is 0.944 bits per heavy atom. The van der Waals surface area contributed by atoms with E-state index in [9.17, 15) is 14.7 Å². The molecule has 5 nitrogen and oxygen atoms in total. The molecule has 94 valence electrons. The Balaban J connectivity index is 2.76. The van der Waals surface area contributed by atoms with E-state index >= 15 is 0 Å². The molecule has 1 N–H and O–H groups in total. The van der Waals surface area contributed by atoms with Crippen LogP contribution in [0.4, 0.5) is 0 Å². The van der Waals surface area contributed by atoms with Gasteiger partial charge in [0.2, 0.25) is 11.6 Å². The van der Waals surface area contributed by atoms with Gasteiger partial charge in [0.1, 0.15) is 5.76 Å². The molecule has 0 fully saturated rings. The maximum absolute atomic E-state index is 11.8. The van der Waals surface area contributed by atoms with Crippen molar-refractivity contribution in [2.75, 3.05) is 14.2 Å². The normalized spacial score (nSPS) is 14.6. The molecule has 0 bridgehead atoms. The monoisotopic (exact) mass is 248 g/mol. The number of hydrogen-bond donors (Lipinski definition) is 1. The average molecular weight is 248 g/mol. The van der Waals surface area contributed by atoms with Gasteiger partial charge >= 0.3 is 0 Å². The molecule has 0 radical (unpaired) electrons. The first-order valence-electron chi connectivity index (χ1n) is 5.26. The fraction of sp³-hybridized carbons (Fsp3) is 0.231. The second kappa shape index (κ2) is 4.18. The molecule has 1 aromatic carbocycles. The van der Waals surface area contributed by atoms with Crippen LogP contribution in [0.3, 0.4) is 0 Å². The number of hydrogen-bond acceptors (Lipinski definition) is 5. The average Bonchev–Trinajstić information content (AvgIpc) is 2.41. The van der Waals surface area contributed by atoms with Gasteiger partial charge < -0.3 is 14.6 Å². The second-order valence-electron chi connectivity index (χ2n) is 3.88. The van der Waals surface area contributed by atoms with Crippen LogP contribution < -0.4 is 9.47 Å². The lowest BCUT2D eigenvalue weighted by atomic mass is 9.89. The van der Waals surface area contributed by atoms with Crippen LogP contribution in [0.25, 0.3) is 5.76 Å². The molecule has 0 spiro atoms. The summed E-state index contributed by atoms with van der Waals surface area (Å²) >= 11 is 0. The summed E-state index contributed by atoms with van der Waals surface area (Å²) in [5, 5.41) is 9.91. The van der Waals surface area contributed by atoms with Crippen LogP contribution in [0, 0.1) is 0 Å². The Morgan fingerprint density at radius 3 is 1.94 bits per heavy atom. The third-order valence-electron chi connectivity index (χ3n) is 2.93. The van der Waals surface area contributed by atoms with Gasteiger partial charge in [-0.2, -0.15) is 0 Å². The third-order valence-corrected chi connectivity index (χ3v) is 2.93. The number of methoxy groups -OCH3 is 2. The van der Waals surface area contributed by atoms with E-state index in [1.165, 1.54) is 33.3 Å². The molecule has 0 atom stereocenters. The zero-order valence-corrected chi connectivity index (χ0v) is 10.2. The number of ether oxygens (including phenoxy) is 2. The highest BCUT2D eigenvalue weighted by Crippen LogP contribution is 2.36. The van der Waals surface area contributed by atoms with Crippen LogP contribution >= 0.6 is 0 Å². The van der Waals surface area contributed by atoms with Crippen molar-refractivity contribution in [2.24, 2.45) is 0 Å². The molecule has 0 unspecified atom stereocenters. The molecule has 0 amide bonds. The van der Waals surface area contributed by atoms with Gasteiger partial charge in [-0.05, 0) is 19.1 Å². The molecular weight excluding hydrogens is 236 g/mol. The lowest BCUT2D eigenvalue weighted by Crippen LogP contribution is -2.22. The van der Waals surface area contributed by atoms with Crippen molar-refractivity contribution in [3.8, 4) is 11.5 Å².